The lowest BCUT2D eigenvalue weighted by molar-refractivity contribution is -0.213. The maximum absolute atomic E-state index is 13.5. The molecule has 0 bridgehead atoms. The van der Waals surface area contributed by atoms with Crippen LogP contribution in [0.2, 0.25) is 0 Å². The Morgan fingerprint density at radius 2 is 1.89 bits per heavy atom. The van der Waals surface area contributed by atoms with Crippen molar-refractivity contribution in [1.82, 2.24) is 24.9 Å². The molecular weight excluding hydrogens is 497 g/mol. The molecule has 2 fully saturated rings. The van der Waals surface area contributed by atoms with Crippen LogP contribution in [0.25, 0.3) is 0 Å². The molecule has 0 radical (unpaired) electrons. The van der Waals surface area contributed by atoms with Crippen LogP contribution in [-0.2, 0) is 32.7 Å². The highest BCUT2D eigenvalue weighted by Crippen LogP contribution is 2.36. The van der Waals surface area contributed by atoms with Crippen molar-refractivity contribution >= 4 is 17.8 Å². The minimum absolute atomic E-state index is 0.0416. The van der Waals surface area contributed by atoms with Crippen molar-refractivity contribution in [1.29, 1.82) is 0 Å². The van der Waals surface area contributed by atoms with Gasteiger partial charge in [-0.1, -0.05) is 0 Å². The van der Waals surface area contributed by atoms with Crippen molar-refractivity contribution in [2.45, 2.75) is 83.2 Å². The lowest BCUT2D eigenvalue weighted by Gasteiger charge is -2.22. The Bertz CT molecular complexity index is 1160. The number of hydrogen-bond donors (Lipinski definition) is 2. The molecule has 37 heavy (non-hydrogen) atoms. The predicted molar refractivity (Wildman–Crippen MR) is 124 cm³/mol. The summed E-state index contributed by atoms with van der Waals surface area (Å²) in [5.74, 6) is -0.828. The van der Waals surface area contributed by atoms with Crippen LogP contribution in [0.15, 0.2) is 12.1 Å². The predicted octanol–water partition coefficient (Wildman–Crippen LogP) is 3.82. The smallest absolute Gasteiger partial charge is 0.444 e. The number of methoxy groups -OCH3 is 1. The number of anilines is 1. The van der Waals surface area contributed by atoms with Crippen LogP contribution in [0.1, 0.15) is 74.9 Å². The Kier molecular flexibility index (Phi) is 7.01. The van der Waals surface area contributed by atoms with Gasteiger partial charge in [0.1, 0.15) is 23.7 Å². The summed E-state index contributed by atoms with van der Waals surface area (Å²) in [7, 11) is 1.32. The van der Waals surface area contributed by atoms with E-state index in [1.807, 2.05) is 27.7 Å². The van der Waals surface area contributed by atoms with Gasteiger partial charge in [-0.2, -0.15) is 14.9 Å². The van der Waals surface area contributed by atoms with Gasteiger partial charge in [0.05, 0.1) is 30.1 Å². The Labute approximate surface area is 211 Å². The van der Waals surface area contributed by atoms with E-state index in [1.54, 1.807) is 6.07 Å². The standard InChI is InChI=1S/C23H31F3N6O5/c1-21(2,3)32-18(27-19(33)16-8-13(11-35-5)29-31(16)23(24,25)26)10-15(30-32)17-9-14(12-36-17)37-20(34)28-22(4)6-7-22/h8,10,14,17H,6-7,9,11-12H2,1-5H3,(H,27,33)(H,28,34)/t14-,17-/m1/s1. The van der Waals surface area contributed by atoms with E-state index in [1.165, 1.54) is 11.8 Å². The molecular formula is C23H31F3N6O5. The van der Waals surface area contributed by atoms with E-state index >= 15 is 0 Å². The average molecular weight is 529 g/mol. The van der Waals surface area contributed by atoms with Crippen molar-refractivity contribution < 1.29 is 37.0 Å². The largest absolute Gasteiger partial charge is 0.505 e. The van der Waals surface area contributed by atoms with Gasteiger partial charge in [-0.15, -0.1) is 13.2 Å². The highest BCUT2D eigenvalue weighted by Gasteiger charge is 2.41. The van der Waals surface area contributed by atoms with Gasteiger partial charge in [-0.3, -0.25) is 4.79 Å². The topological polar surface area (TPSA) is 122 Å². The summed E-state index contributed by atoms with van der Waals surface area (Å²) in [6, 6.07) is 2.58. The number of carbonyl (C=O) groups excluding carboxylic acids is 2. The first kappa shape index (κ1) is 26.9. The van der Waals surface area contributed by atoms with Crippen LogP contribution in [0.3, 0.4) is 0 Å². The van der Waals surface area contributed by atoms with E-state index in [9.17, 15) is 22.8 Å². The van der Waals surface area contributed by atoms with Gasteiger partial charge in [-0.05, 0) is 46.6 Å². The van der Waals surface area contributed by atoms with Crippen LogP contribution >= 0.6 is 0 Å². The number of nitrogens with zero attached hydrogens (tertiary/aromatic N) is 4. The third-order valence-electron chi connectivity index (χ3n) is 6.10. The third kappa shape index (κ3) is 6.24. The number of alkyl carbamates (subject to hydrolysis) is 1. The summed E-state index contributed by atoms with van der Waals surface area (Å²) in [6.45, 7) is 7.43. The van der Waals surface area contributed by atoms with Crippen LogP contribution in [-0.4, -0.2) is 56.9 Å². The number of hydrogen-bond acceptors (Lipinski definition) is 7. The summed E-state index contributed by atoms with van der Waals surface area (Å²) in [4.78, 5) is 25.1. The van der Waals surface area contributed by atoms with Crippen LogP contribution in [0.4, 0.5) is 23.8 Å². The van der Waals surface area contributed by atoms with Crippen molar-refractivity contribution in [3.63, 3.8) is 0 Å². The SMILES string of the molecule is COCc1cc(C(=O)Nc2cc([C@H]3C[C@@H](OC(=O)NC4(C)CC4)CO3)nn2C(C)(C)C)n(C(F)(F)F)n1. The molecule has 0 spiro atoms. The fraction of sp³-hybridized carbons (Fsp3) is 0.652. The molecule has 204 valence electrons. The van der Waals surface area contributed by atoms with Crippen molar-refractivity contribution in [2.24, 2.45) is 0 Å². The maximum atomic E-state index is 13.5. The zero-order valence-electron chi connectivity index (χ0n) is 21.3. The molecule has 2 N–H and O–H groups in total. The molecule has 1 saturated heterocycles. The first-order valence-electron chi connectivity index (χ1n) is 11.9. The van der Waals surface area contributed by atoms with Gasteiger partial charge in [0, 0.05) is 25.1 Å². The Morgan fingerprint density at radius 3 is 2.49 bits per heavy atom. The molecule has 2 aromatic rings. The number of halogens is 3. The highest BCUT2D eigenvalue weighted by atomic mass is 19.4. The highest BCUT2D eigenvalue weighted by molar-refractivity contribution is 6.02. The molecule has 1 aliphatic heterocycles. The molecule has 11 nitrogen and oxygen atoms in total. The Balaban J connectivity index is 1.51. The van der Waals surface area contributed by atoms with E-state index in [4.69, 9.17) is 14.2 Å². The van der Waals surface area contributed by atoms with E-state index in [-0.39, 0.29) is 34.9 Å². The number of aromatic nitrogens is 4. The molecule has 2 amide bonds. The molecule has 4 rings (SSSR count). The molecule has 1 aliphatic carbocycles. The van der Waals surface area contributed by atoms with Gasteiger partial charge in [0.25, 0.3) is 5.91 Å². The molecule has 2 aromatic heterocycles. The summed E-state index contributed by atoms with van der Waals surface area (Å²) in [5, 5.41) is 13.4. The zero-order valence-corrected chi connectivity index (χ0v) is 21.3. The molecule has 0 aromatic carbocycles. The van der Waals surface area contributed by atoms with Gasteiger partial charge in [0.15, 0.2) is 0 Å². The number of nitrogens with one attached hydrogen (secondary N) is 2. The molecule has 14 heteroatoms. The molecule has 2 atom stereocenters. The molecule has 2 aliphatic rings. The van der Waals surface area contributed by atoms with E-state index < -0.39 is 41.7 Å². The third-order valence-corrected chi connectivity index (χ3v) is 6.10. The van der Waals surface area contributed by atoms with Crippen molar-refractivity contribution in [3.8, 4) is 0 Å². The summed E-state index contributed by atoms with van der Waals surface area (Å²) in [6.07, 6.45) is -4.25. The number of alkyl halides is 3. The first-order valence-corrected chi connectivity index (χ1v) is 11.9. The van der Waals surface area contributed by atoms with Crippen molar-refractivity contribution in [3.05, 3.63) is 29.2 Å². The monoisotopic (exact) mass is 528 g/mol. The average Bonchev–Trinajstić information content (AvgIpc) is 3.19. The Hall–Kier alpha value is -3.13. The first-order chi connectivity index (χ1) is 17.2. The van der Waals surface area contributed by atoms with E-state index in [2.05, 4.69) is 20.8 Å². The van der Waals surface area contributed by atoms with Crippen LogP contribution in [0.5, 0.6) is 0 Å². The lowest BCUT2D eigenvalue weighted by Crippen LogP contribution is -2.37. The molecule has 1 saturated carbocycles. The minimum atomic E-state index is -4.90. The second kappa shape index (κ2) is 9.63. The Morgan fingerprint density at radius 1 is 1.19 bits per heavy atom. The van der Waals surface area contributed by atoms with Gasteiger partial charge in [0.2, 0.25) is 0 Å². The number of amides is 2. The second-order valence-corrected chi connectivity index (χ2v) is 10.6. The second-order valence-electron chi connectivity index (χ2n) is 10.6. The van der Waals surface area contributed by atoms with Gasteiger partial charge >= 0.3 is 12.4 Å². The van der Waals surface area contributed by atoms with E-state index in [0.29, 0.717) is 12.1 Å². The maximum Gasteiger partial charge on any atom is 0.505 e. The minimum Gasteiger partial charge on any atom is -0.444 e. The fourth-order valence-corrected chi connectivity index (χ4v) is 3.97. The number of ether oxygens (including phenoxy) is 3. The van der Waals surface area contributed by atoms with Crippen LogP contribution < -0.4 is 10.6 Å². The van der Waals surface area contributed by atoms with Gasteiger partial charge in [-0.25, -0.2) is 9.48 Å². The lowest BCUT2D eigenvalue weighted by atomic mass is 10.1. The summed E-state index contributed by atoms with van der Waals surface area (Å²) in [5.41, 5.74) is -1.11. The number of rotatable bonds is 7. The number of carbonyl (C=O) groups is 2. The van der Waals surface area contributed by atoms with Crippen molar-refractivity contribution in [2.75, 3.05) is 19.0 Å². The van der Waals surface area contributed by atoms with Gasteiger partial charge < -0.3 is 24.8 Å². The summed E-state index contributed by atoms with van der Waals surface area (Å²) < 4.78 is 57.8. The zero-order chi connectivity index (χ0) is 27.2. The fourth-order valence-electron chi connectivity index (χ4n) is 3.97. The molecule has 3 heterocycles. The van der Waals surface area contributed by atoms with E-state index in [0.717, 1.165) is 18.9 Å². The normalized spacial score (nSPS) is 21.1. The van der Waals surface area contributed by atoms with Crippen LogP contribution in [0, 0.1) is 0 Å². The quantitative estimate of drug-likeness (QED) is 0.560. The summed E-state index contributed by atoms with van der Waals surface area (Å²) >= 11 is 0. The molecule has 0 unspecified atom stereocenters.